The average Bonchev–Trinajstić information content (AvgIpc) is 2.55. The van der Waals surface area contributed by atoms with Gasteiger partial charge >= 0.3 is 6.61 Å². The molecular weight excluding hydrogens is 306 g/mol. The lowest BCUT2D eigenvalue weighted by Gasteiger charge is -2.26. The number of morpholine rings is 1. The SMILES string of the molecule is O=C(NCCCCN1CCOCC1)c1ccc(OC(F)F)cc1. The molecule has 0 bridgehead atoms. The fourth-order valence-electron chi connectivity index (χ4n) is 2.38. The molecule has 5 nitrogen and oxygen atoms in total. The van der Waals surface area contributed by atoms with Crippen LogP contribution in [0.5, 0.6) is 5.75 Å². The first-order chi connectivity index (χ1) is 11.1. The van der Waals surface area contributed by atoms with E-state index >= 15 is 0 Å². The topological polar surface area (TPSA) is 50.8 Å². The molecule has 0 radical (unpaired) electrons. The lowest BCUT2D eigenvalue weighted by molar-refractivity contribution is -0.0498. The first kappa shape index (κ1) is 17.6. The Labute approximate surface area is 134 Å². The van der Waals surface area contributed by atoms with Crippen LogP contribution in [0.15, 0.2) is 24.3 Å². The second-order valence-corrected chi connectivity index (χ2v) is 5.32. The number of hydrogen-bond donors (Lipinski definition) is 1. The number of halogens is 2. The Bertz CT molecular complexity index is 477. The lowest BCUT2D eigenvalue weighted by atomic mass is 10.2. The fourth-order valence-corrected chi connectivity index (χ4v) is 2.38. The molecule has 0 saturated carbocycles. The van der Waals surface area contributed by atoms with Gasteiger partial charge in [0.2, 0.25) is 0 Å². The molecule has 7 heteroatoms. The maximum atomic E-state index is 12.0. The number of carbonyl (C=O) groups excluding carboxylic acids is 1. The largest absolute Gasteiger partial charge is 0.435 e. The van der Waals surface area contributed by atoms with E-state index < -0.39 is 6.61 Å². The van der Waals surface area contributed by atoms with Crippen molar-refractivity contribution in [2.24, 2.45) is 0 Å². The highest BCUT2D eigenvalue weighted by Crippen LogP contribution is 2.14. The molecule has 1 aromatic carbocycles. The van der Waals surface area contributed by atoms with Crippen LogP contribution in [0.1, 0.15) is 23.2 Å². The van der Waals surface area contributed by atoms with Crippen LogP contribution in [-0.2, 0) is 4.74 Å². The Morgan fingerprint density at radius 3 is 2.57 bits per heavy atom. The maximum absolute atomic E-state index is 12.0. The first-order valence-corrected chi connectivity index (χ1v) is 7.78. The van der Waals surface area contributed by atoms with E-state index in [1.165, 1.54) is 24.3 Å². The molecule has 1 saturated heterocycles. The summed E-state index contributed by atoms with van der Waals surface area (Å²) in [6.07, 6.45) is 1.91. The van der Waals surface area contributed by atoms with Gasteiger partial charge in [-0.3, -0.25) is 9.69 Å². The van der Waals surface area contributed by atoms with Gasteiger partial charge in [-0.2, -0.15) is 8.78 Å². The Morgan fingerprint density at radius 2 is 1.91 bits per heavy atom. The summed E-state index contributed by atoms with van der Waals surface area (Å²) in [6, 6.07) is 5.67. The molecule has 0 atom stereocenters. The third-order valence-electron chi connectivity index (χ3n) is 3.63. The summed E-state index contributed by atoms with van der Waals surface area (Å²) in [5.41, 5.74) is 0.430. The second-order valence-electron chi connectivity index (χ2n) is 5.32. The number of amides is 1. The molecule has 128 valence electrons. The third kappa shape index (κ3) is 6.50. The summed E-state index contributed by atoms with van der Waals surface area (Å²) in [5, 5.41) is 2.83. The molecule has 1 aliphatic heterocycles. The van der Waals surface area contributed by atoms with Crippen LogP contribution in [0.25, 0.3) is 0 Å². The predicted molar refractivity (Wildman–Crippen MR) is 81.9 cm³/mol. The predicted octanol–water partition coefficient (Wildman–Crippen LogP) is 2.13. The summed E-state index contributed by atoms with van der Waals surface area (Å²) < 4.78 is 33.6. The zero-order valence-corrected chi connectivity index (χ0v) is 13.0. The van der Waals surface area contributed by atoms with Crippen LogP contribution in [0.4, 0.5) is 8.78 Å². The van der Waals surface area contributed by atoms with Gasteiger partial charge < -0.3 is 14.8 Å². The Hall–Kier alpha value is -1.73. The van der Waals surface area contributed by atoms with Crippen molar-refractivity contribution in [3.63, 3.8) is 0 Å². The highest BCUT2D eigenvalue weighted by molar-refractivity contribution is 5.94. The number of benzene rings is 1. The molecule has 1 N–H and O–H groups in total. The van der Waals surface area contributed by atoms with E-state index in [4.69, 9.17) is 4.74 Å². The number of nitrogens with zero attached hydrogens (tertiary/aromatic N) is 1. The highest BCUT2D eigenvalue weighted by Gasteiger charge is 2.10. The zero-order chi connectivity index (χ0) is 16.5. The molecule has 0 aliphatic carbocycles. The molecular formula is C16H22F2N2O3. The van der Waals surface area contributed by atoms with Crippen LogP contribution in [0, 0.1) is 0 Å². The highest BCUT2D eigenvalue weighted by atomic mass is 19.3. The van der Waals surface area contributed by atoms with E-state index in [9.17, 15) is 13.6 Å². The van der Waals surface area contributed by atoms with Crippen molar-refractivity contribution in [3.05, 3.63) is 29.8 Å². The van der Waals surface area contributed by atoms with Crippen molar-refractivity contribution in [3.8, 4) is 5.75 Å². The number of carbonyl (C=O) groups is 1. The van der Waals surface area contributed by atoms with Crippen molar-refractivity contribution in [1.82, 2.24) is 10.2 Å². The van der Waals surface area contributed by atoms with E-state index in [-0.39, 0.29) is 11.7 Å². The molecule has 1 amide bonds. The van der Waals surface area contributed by atoms with Gasteiger partial charge in [0.25, 0.3) is 5.91 Å². The smallest absolute Gasteiger partial charge is 0.387 e. The minimum atomic E-state index is -2.86. The Morgan fingerprint density at radius 1 is 1.22 bits per heavy atom. The van der Waals surface area contributed by atoms with Crippen LogP contribution in [-0.4, -0.2) is 56.8 Å². The summed E-state index contributed by atoms with van der Waals surface area (Å²) in [7, 11) is 0. The summed E-state index contributed by atoms with van der Waals surface area (Å²) in [5.74, 6) is -0.165. The van der Waals surface area contributed by atoms with Gasteiger partial charge in [-0.15, -0.1) is 0 Å². The van der Waals surface area contributed by atoms with Crippen molar-refractivity contribution < 1.29 is 23.0 Å². The van der Waals surface area contributed by atoms with Crippen molar-refractivity contribution in [2.45, 2.75) is 19.5 Å². The number of unbranched alkanes of at least 4 members (excludes halogenated alkanes) is 1. The number of alkyl halides is 2. The standard InChI is InChI=1S/C16H22F2N2O3/c17-16(18)23-14-5-3-13(4-6-14)15(21)19-7-1-2-8-20-9-11-22-12-10-20/h3-6,16H,1-2,7-12H2,(H,19,21). The van der Waals surface area contributed by atoms with Gasteiger partial charge in [-0.05, 0) is 43.7 Å². The monoisotopic (exact) mass is 328 g/mol. The maximum Gasteiger partial charge on any atom is 0.387 e. The van der Waals surface area contributed by atoms with Crippen LogP contribution in [0.3, 0.4) is 0 Å². The number of nitrogens with one attached hydrogen (secondary N) is 1. The van der Waals surface area contributed by atoms with Crippen LogP contribution < -0.4 is 10.1 Å². The number of hydrogen-bond acceptors (Lipinski definition) is 4. The van der Waals surface area contributed by atoms with E-state index in [1.807, 2.05) is 0 Å². The molecule has 0 aromatic heterocycles. The van der Waals surface area contributed by atoms with E-state index in [2.05, 4.69) is 15.0 Å². The molecule has 0 spiro atoms. The molecule has 1 heterocycles. The summed E-state index contributed by atoms with van der Waals surface area (Å²) in [4.78, 5) is 14.3. The van der Waals surface area contributed by atoms with E-state index in [0.29, 0.717) is 12.1 Å². The molecule has 1 fully saturated rings. The van der Waals surface area contributed by atoms with Gasteiger partial charge in [-0.25, -0.2) is 0 Å². The second kappa shape index (κ2) is 9.42. The fraction of sp³-hybridized carbons (Fsp3) is 0.562. The Kier molecular flexibility index (Phi) is 7.22. The third-order valence-corrected chi connectivity index (χ3v) is 3.63. The van der Waals surface area contributed by atoms with Gasteiger partial charge in [0.1, 0.15) is 5.75 Å². The Balaban J connectivity index is 1.62. The molecule has 0 unspecified atom stereocenters. The first-order valence-electron chi connectivity index (χ1n) is 7.78. The summed E-state index contributed by atoms with van der Waals surface area (Å²) >= 11 is 0. The zero-order valence-electron chi connectivity index (χ0n) is 13.0. The van der Waals surface area contributed by atoms with Gasteiger partial charge in [-0.1, -0.05) is 0 Å². The van der Waals surface area contributed by atoms with Gasteiger partial charge in [0.15, 0.2) is 0 Å². The van der Waals surface area contributed by atoms with Crippen molar-refractivity contribution in [2.75, 3.05) is 39.4 Å². The van der Waals surface area contributed by atoms with Gasteiger partial charge in [0, 0.05) is 25.2 Å². The summed E-state index contributed by atoms with van der Waals surface area (Å²) in [6.45, 7) is 2.28. The molecule has 1 aliphatic rings. The minimum absolute atomic E-state index is 0.0436. The van der Waals surface area contributed by atoms with Gasteiger partial charge in [0.05, 0.1) is 13.2 Å². The lowest BCUT2D eigenvalue weighted by Crippen LogP contribution is -2.37. The van der Waals surface area contributed by atoms with Crippen LogP contribution >= 0.6 is 0 Å². The molecule has 1 aromatic rings. The number of rotatable bonds is 8. The van der Waals surface area contributed by atoms with E-state index in [1.54, 1.807) is 0 Å². The molecule has 23 heavy (non-hydrogen) atoms. The minimum Gasteiger partial charge on any atom is -0.435 e. The normalized spacial score (nSPS) is 15.6. The number of ether oxygens (including phenoxy) is 2. The van der Waals surface area contributed by atoms with E-state index in [0.717, 1.165) is 45.7 Å². The van der Waals surface area contributed by atoms with Crippen molar-refractivity contribution in [1.29, 1.82) is 0 Å². The van der Waals surface area contributed by atoms with Crippen molar-refractivity contribution >= 4 is 5.91 Å². The average molecular weight is 328 g/mol. The van der Waals surface area contributed by atoms with Crippen LogP contribution in [0.2, 0.25) is 0 Å². The quantitative estimate of drug-likeness (QED) is 0.743. The molecule has 2 rings (SSSR count).